The van der Waals surface area contributed by atoms with Gasteiger partial charge in [-0.15, -0.1) is 12.4 Å². The van der Waals surface area contributed by atoms with E-state index < -0.39 is 0 Å². The first kappa shape index (κ1) is 19.5. The fraction of sp³-hybridized carbons (Fsp3) is 0.450. The number of halogens is 1. The van der Waals surface area contributed by atoms with Crippen LogP contribution in [0.1, 0.15) is 37.7 Å². The Balaban J connectivity index is 0.00000225. The highest BCUT2D eigenvalue weighted by atomic mass is 35.5. The van der Waals surface area contributed by atoms with Crippen LogP contribution in [0.15, 0.2) is 36.4 Å². The number of hydrogen-bond acceptors (Lipinski definition) is 3. The largest absolute Gasteiger partial charge is 0.497 e. The Morgan fingerprint density at radius 3 is 2.64 bits per heavy atom. The number of rotatable bonds is 5. The van der Waals surface area contributed by atoms with Crippen molar-refractivity contribution in [3.05, 3.63) is 42.0 Å². The van der Waals surface area contributed by atoms with Gasteiger partial charge in [0.15, 0.2) is 0 Å². The molecule has 2 unspecified atom stereocenters. The second-order valence-electron chi connectivity index (χ2n) is 6.74. The number of carbonyl (C=O) groups is 1. The third-order valence-corrected chi connectivity index (χ3v) is 5.02. The molecule has 5 heteroatoms. The highest BCUT2D eigenvalue weighted by Crippen LogP contribution is 2.25. The third kappa shape index (κ3) is 5.10. The lowest BCUT2D eigenvalue weighted by Crippen LogP contribution is -2.36. The van der Waals surface area contributed by atoms with Crippen molar-refractivity contribution in [1.82, 2.24) is 5.32 Å². The lowest BCUT2D eigenvalue weighted by Gasteiger charge is -2.27. The van der Waals surface area contributed by atoms with E-state index in [1.54, 1.807) is 7.11 Å². The number of methoxy groups -OCH3 is 1. The minimum absolute atomic E-state index is 0. The van der Waals surface area contributed by atoms with E-state index in [0.29, 0.717) is 18.9 Å². The molecule has 1 aliphatic rings. The molecule has 0 aliphatic heterocycles. The molecule has 2 aromatic rings. The standard InChI is InChI=1S/C20H26N2O2.ClH/c1-24-18-9-8-15-10-14(6-7-16(15)11-18)13-22-20(23)12-17-4-2-3-5-19(17)21;/h6-11,17,19H,2-5,12-13,21H2,1H3,(H,22,23);1H. The van der Waals surface area contributed by atoms with E-state index in [9.17, 15) is 4.79 Å². The molecule has 2 aromatic carbocycles. The number of ether oxygens (including phenoxy) is 1. The zero-order chi connectivity index (χ0) is 16.9. The summed E-state index contributed by atoms with van der Waals surface area (Å²) in [5.41, 5.74) is 7.24. The predicted molar refractivity (Wildman–Crippen MR) is 104 cm³/mol. The van der Waals surface area contributed by atoms with Crippen LogP contribution in [0.4, 0.5) is 0 Å². The molecule has 3 N–H and O–H groups in total. The number of hydrogen-bond donors (Lipinski definition) is 2. The van der Waals surface area contributed by atoms with Crippen molar-refractivity contribution in [3.8, 4) is 5.75 Å². The van der Waals surface area contributed by atoms with Gasteiger partial charge in [-0.1, -0.05) is 31.0 Å². The Labute approximate surface area is 155 Å². The van der Waals surface area contributed by atoms with Crippen molar-refractivity contribution in [3.63, 3.8) is 0 Å². The number of nitrogens with two attached hydrogens (primary N) is 1. The molecule has 25 heavy (non-hydrogen) atoms. The monoisotopic (exact) mass is 362 g/mol. The van der Waals surface area contributed by atoms with E-state index in [1.807, 2.05) is 24.3 Å². The van der Waals surface area contributed by atoms with Crippen molar-refractivity contribution in [2.24, 2.45) is 11.7 Å². The highest BCUT2D eigenvalue weighted by molar-refractivity contribution is 5.85. The molecule has 1 saturated carbocycles. The van der Waals surface area contributed by atoms with E-state index in [2.05, 4.69) is 17.4 Å². The molecule has 4 nitrogen and oxygen atoms in total. The first-order valence-electron chi connectivity index (χ1n) is 8.74. The third-order valence-electron chi connectivity index (χ3n) is 5.02. The summed E-state index contributed by atoms with van der Waals surface area (Å²) in [7, 11) is 1.67. The van der Waals surface area contributed by atoms with Gasteiger partial charge in [-0.2, -0.15) is 0 Å². The fourth-order valence-corrected chi connectivity index (χ4v) is 3.51. The average Bonchev–Trinajstić information content (AvgIpc) is 2.61. The molecule has 1 aliphatic carbocycles. The van der Waals surface area contributed by atoms with E-state index >= 15 is 0 Å². The summed E-state index contributed by atoms with van der Waals surface area (Å²) in [5, 5.41) is 5.32. The van der Waals surface area contributed by atoms with E-state index in [0.717, 1.165) is 34.9 Å². The van der Waals surface area contributed by atoms with Gasteiger partial charge in [0.05, 0.1) is 7.11 Å². The predicted octanol–water partition coefficient (Wildman–Crippen LogP) is 3.79. The van der Waals surface area contributed by atoms with Gasteiger partial charge in [-0.3, -0.25) is 4.79 Å². The van der Waals surface area contributed by atoms with Crippen molar-refractivity contribution < 1.29 is 9.53 Å². The van der Waals surface area contributed by atoms with Gasteiger partial charge in [0.1, 0.15) is 5.75 Å². The van der Waals surface area contributed by atoms with E-state index in [4.69, 9.17) is 10.5 Å². The molecule has 0 bridgehead atoms. The average molecular weight is 363 g/mol. The lowest BCUT2D eigenvalue weighted by molar-refractivity contribution is -0.122. The lowest BCUT2D eigenvalue weighted by atomic mass is 9.83. The molecule has 2 atom stereocenters. The van der Waals surface area contributed by atoms with Crippen LogP contribution in [-0.2, 0) is 11.3 Å². The first-order chi connectivity index (χ1) is 11.7. The summed E-state index contributed by atoms with van der Waals surface area (Å²) in [4.78, 5) is 12.2. The number of nitrogens with one attached hydrogen (secondary N) is 1. The minimum atomic E-state index is 0. The zero-order valence-electron chi connectivity index (χ0n) is 14.7. The van der Waals surface area contributed by atoms with Crippen molar-refractivity contribution >= 4 is 29.1 Å². The van der Waals surface area contributed by atoms with E-state index in [1.165, 1.54) is 12.8 Å². The quantitative estimate of drug-likeness (QED) is 0.850. The topological polar surface area (TPSA) is 64.3 Å². The van der Waals surface area contributed by atoms with E-state index in [-0.39, 0.29) is 24.4 Å². The molecule has 0 radical (unpaired) electrons. The van der Waals surface area contributed by atoms with Crippen LogP contribution in [0.5, 0.6) is 5.75 Å². The smallest absolute Gasteiger partial charge is 0.220 e. The van der Waals surface area contributed by atoms with Gasteiger partial charge in [0.25, 0.3) is 0 Å². The van der Waals surface area contributed by atoms with Crippen LogP contribution in [0.3, 0.4) is 0 Å². The van der Waals surface area contributed by atoms with Crippen molar-refractivity contribution in [2.45, 2.75) is 44.7 Å². The van der Waals surface area contributed by atoms with Gasteiger partial charge < -0.3 is 15.8 Å². The van der Waals surface area contributed by atoms with Crippen molar-refractivity contribution in [1.29, 1.82) is 0 Å². The second kappa shape index (κ2) is 9.07. The highest BCUT2D eigenvalue weighted by Gasteiger charge is 2.23. The molecule has 0 saturated heterocycles. The molecule has 0 heterocycles. The number of carbonyl (C=O) groups excluding carboxylic acids is 1. The summed E-state index contributed by atoms with van der Waals surface area (Å²) in [5.74, 6) is 1.29. The van der Waals surface area contributed by atoms with Crippen molar-refractivity contribution in [2.75, 3.05) is 7.11 Å². The molecular formula is C20H27ClN2O2. The van der Waals surface area contributed by atoms with Crippen LogP contribution < -0.4 is 15.8 Å². The normalized spacial score (nSPS) is 19.9. The Kier molecular flexibility index (Phi) is 7.09. The Hall–Kier alpha value is -1.78. The van der Waals surface area contributed by atoms with Crippen LogP contribution in [-0.4, -0.2) is 19.1 Å². The molecule has 1 fully saturated rings. The van der Waals surface area contributed by atoms with Crippen LogP contribution >= 0.6 is 12.4 Å². The number of fused-ring (bicyclic) bond motifs is 1. The van der Waals surface area contributed by atoms with Crippen LogP contribution in [0, 0.1) is 5.92 Å². The SMILES string of the molecule is COc1ccc2cc(CNC(=O)CC3CCCCC3N)ccc2c1.Cl. The van der Waals surface area contributed by atoms with Crippen LogP contribution in [0.2, 0.25) is 0 Å². The van der Waals surface area contributed by atoms with Gasteiger partial charge >= 0.3 is 0 Å². The maximum absolute atomic E-state index is 12.2. The second-order valence-corrected chi connectivity index (χ2v) is 6.74. The molecule has 136 valence electrons. The zero-order valence-corrected chi connectivity index (χ0v) is 15.5. The number of benzene rings is 2. The molecule has 3 rings (SSSR count). The summed E-state index contributed by atoms with van der Waals surface area (Å²) in [6, 6.07) is 12.4. The van der Waals surface area contributed by atoms with Gasteiger partial charge in [-0.25, -0.2) is 0 Å². The summed E-state index contributed by atoms with van der Waals surface area (Å²) >= 11 is 0. The summed E-state index contributed by atoms with van der Waals surface area (Å²) in [6.45, 7) is 0.558. The Morgan fingerprint density at radius 2 is 1.88 bits per heavy atom. The van der Waals surface area contributed by atoms with Crippen LogP contribution in [0.25, 0.3) is 10.8 Å². The molecule has 0 aromatic heterocycles. The molecule has 1 amide bonds. The van der Waals surface area contributed by atoms with Gasteiger partial charge in [-0.05, 0) is 53.3 Å². The maximum Gasteiger partial charge on any atom is 0.220 e. The van der Waals surface area contributed by atoms with Gasteiger partial charge in [0, 0.05) is 19.0 Å². The Bertz CT molecular complexity index is 720. The summed E-state index contributed by atoms with van der Waals surface area (Å²) < 4.78 is 5.25. The summed E-state index contributed by atoms with van der Waals surface area (Å²) in [6.07, 6.45) is 5.06. The maximum atomic E-state index is 12.2. The minimum Gasteiger partial charge on any atom is -0.497 e. The molecule has 0 spiro atoms. The fourth-order valence-electron chi connectivity index (χ4n) is 3.51. The van der Waals surface area contributed by atoms with Gasteiger partial charge in [0.2, 0.25) is 5.91 Å². The first-order valence-corrected chi connectivity index (χ1v) is 8.74. The Morgan fingerprint density at radius 1 is 1.16 bits per heavy atom. The number of amides is 1. The molecular weight excluding hydrogens is 336 g/mol.